The van der Waals surface area contributed by atoms with Crippen molar-refractivity contribution >= 4 is 11.6 Å². The molecule has 0 fully saturated rings. The zero-order valence-electron chi connectivity index (χ0n) is 16.6. The van der Waals surface area contributed by atoms with Crippen LogP contribution in [0.3, 0.4) is 0 Å². The maximum atomic E-state index is 12.6. The molecule has 2 aromatic carbocycles. The molecule has 146 valence electrons. The van der Waals surface area contributed by atoms with Crippen molar-refractivity contribution in [3.05, 3.63) is 76.7 Å². The fraction of sp³-hybridized carbons (Fsp3) is 0.261. The Hall–Kier alpha value is -3.21. The van der Waals surface area contributed by atoms with Crippen LogP contribution >= 0.6 is 0 Å². The topological polar surface area (TPSA) is 71.7 Å². The molecule has 0 aliphatic rings. The first-order valence-electron chi connectivity index (χ1n) is 9.26. The molecule has 0 atom stereocenters. The van der Waals surface area contributed by atoms with Crippen molar-refractivity contribution in [2.24, 2.45) is 0 Å². The number of aryl methyl sites for hydroxylation is 2. The molecule has 0 spiro atoms. The molecule has 5 heteroatoms. The molecule has 0 saturated carbocycles. The number of ether oxygens (including phenoxy) is 1. The van der Waals surface area contributed by atoms with Gasteiger partial charge in [-0.3, -0.25) is 4.79 Å². The summed E-state index contributed by atoms with van der Waals surface area (Å²) in [7, 11) is 0. The minimum atomic E-state index is -0.342. The molecule has 0 radical (unpaired) electrons. The number of phenols is 1. The van der Waals surface area contributed by atoms with Crippen molar-refractivity contribution in [1.29, 1.82) is 0 Å². The summed E-state index contributed by atoms with van der Waals surface area (Å²) in [5, 5.41) is 12.9. The molecular weight excluding hydrogens is 354 g/mol. The minimum Gasteiger partial charge on any atom is -0.508 e. The normalized spacial score (nSPS) is 10.9. The highest BCUT2D eigenvalue weighted by atomic mass is 16.5. The Morgan fingerprint density at radius 3 is 2.64 bits per heavy atom. The quantitative estimate of drug-likeness (QED) is 0.550. The van der Waals surface area contributed by atoms with Crippen LogP contribution in [-0.2, 0) is 6.61 Å². The van der Waals surface area contributed by atoms with E-state index in [1.807, 2.05) is 52.0 Å². The summed E-state index contributed by atoms with van der Waals surface area (Å²) in [6, 6.07) is 14.6. The molecule has 0 unspecified atom stereocenters. The van der Waals surface area contributed by atoms with Gasteiger partial charge in [0, 0.05) is 5.69 Å². The number of furan rings is 1. The van der Waals surface area contributed by atoms with Gasteiger partial charge in [-0.15, -0.1) is 0 Å². The number of carbonyl (C=O) groups is 1. The number of benzene rings is 2. The van der Waals surface area contributed by atoms with Gasteiger partial charge in [-0.2, -0.15) is 0 Å². The number of nitrogens with one attached hydrogen (secondary N) is 1. The van der Waals surface area contributed by atoms with E-state index < -0.39 is 0 Å². The second kappa shape index (κ2) is 8.21. The molecule has 0 aliphatic heterocycles. The number of amides is 1. The van der Waals surface area contributed by atoms with Crippen molar-refractivity contribution in [3.63, 3.8) is 0 Å². The minimum absolute atomic E-state index is 0.144. The van der Waals surface area contributed by atoms with E-state index in [-0.39, 0.29) is 29.9 Å². The highest BCUT2D eigenvalue weighted by molar-refractivity contribution is 6.02. The van der Waals surface area contributed by atoms with Crippen molar-refractivity contribution < 1.29 is 19.1 Å². The monoisotopic (exact) mass is 379 g/mol. The first-order valence-corrected chi connectivity index (χ1v) is 9.26. The summed E-state index contributed by atoms with van der Waals surface area (Å²) < 4.78 is 11.3. The van der Waals surface area contributed by atoms with Crippen molar-refractivity contribution in [2.75, 3.05) is 5.32 Å². The molecular formula is C23H25NO4. The number of hydrogen-bond donors (Lipinski definition) is 2. The van der Waals surface area contributed by atoms with Crippen LogP contribution in [0.25, 0.3) is 0 Å². The van der Waals surface area contributed by atoms with Crippen molar-refractivity contribution in [2.45, 2.75) is 40.2 Å². The predicted molar refractivity (Wildman–Crippen MR) is 109 cm³/mol. The third-order valence-corrected chi connectivity index (χ3v) is 4.50. The van der Waals surface area contributed by atoms with Gasteiger partial charge in [0.2, 0.25) is 0 Å². The van der Waals surface area contributed by atoms with E-state index in [0.29, 0.717) is 11.4 Å². The van der Waals surface area contributed by atoms with Gasteiger partial charge in [-0.05, 0) is 72.9 Å². The van der Waals surface area contributed by atoms with Crippen molar-refractivity contribution in [1.82, 2.24) is 0 Å². The summed E-state index contributed by atoms with van der Waals surface area (Å²) in [5.41, 5.74) is 3.33. The standard InChI is InChI=1S/C23H25NO4/c1-14(2)19-12-20(16(4)11-21(19)25)24-23(26)22-9-8-18(28-22)13-27-17-7-5-6-15(3)10-17/h5-12,14,25H,13H2,1-4H3,(H,24,26). The van der Waals surface area contributed by atoms with E-state index in [1.54, 1.807) is 24.3 Å². The molecule has 2 N–H and O–H groups in total. The molecule has 0 aliphatic carbocycles. The van der Waals surface area contributed by atoms with Crippen LogP contribution in [0.5, 0.6) is 11.5 Å². The molecule has 0 bridgehead atoms. The van der Waals surface area contributed by atoms with Gasteiger partial charge in [0.15, 0.2) is 5.76 Å². The molecule has 3 rings (SSSR count). The lowest BCUT2D eigenvalue weighted by atomic mass is 9.99. The first kappa shape index (κ1) is 19.5. The van der Waals surface area contributed by atoms with Crippen LogP contribution in [0, 0.1) is 13.8 Å². The predicted octanol–water partition coefficient (Wildman–Crippen LogP) is 5.56. The van der Waals surface area contributed by atoms with Gasteiger partial charge in [0.25, 0.3) is 5.91 Å². The number of anilines is 1. The Labute approximate surface area is 165 Å². The number of aromatic hydroxyl groups is 1. The summed E-state index contributed by atoms with van der Waals surface area (Å²) in [4.78, 5) is 12.6. The molecule has 0 saturated heterocycles. The van der Waals surface area contributed by atoms with Crippen LogP contribution < -0.4 is 10.1 Å². The second-order valence-electron chi connectivity index (χ2n) is 7.21. The van der Waals surface area contributed by atoms with Crippen LogP contribution in [0.4, 0.5) is 5.69 Å². The average Bonchev–Trinajstić information content (AvgIpc) is 3.11. The molecule has 3 aromatic rings. The lowest BCUT2D eigenvalue weighted by Gasteiger charge is -2.14. The lowest BCUT2D eigenvalue weighted by Crippen LogP contribution is -2.12. The number of carbonyl (C=O) groups excluding carboxylic acids is 1. The largest absolute Gasteiger partial charge is 0.508 e. The lowest BCUT2D eigenvalue weighted by molar-refractivity contribution is 0.0992. The molecule has 1 aromatic heterocycles. The summed E-state index contributed by atoms with van der Waals surface area (Å²) in [6.07, 6.45) is 0. The van der Waals surface area contributed by atoms with Gasteiger partial charge in [-0.25, -0.2) is 0 Å². The summed E-state index contributed by atoms with van der Waals surface area (Å²) in [5.74, 6) is 1.57. The summed E-state index contributed by atoms with van der Waals surface area (Å²) >= 11 is 0. The van der Waals surface area contributed by atoms with E-state index in [2.05, 4.69) is 5.32 Å². The van der Waals surface area contributed by atoms with Crippen LogP contribution in [0.15, 0.2) is 52.9 Å². The third kappa shape index (κ3) is 4.55. The Balaban J connectivity index is 1.68. The fourth-order valence-corrected chi connectivity index (χ4v) is 2.93. The number of rotatable bonds is 6. The van der Waals surface area contributed by atoms with E-state index in [4.69, 9.17) is 9.15 Å². The first-order chi connectivity index (χ1) is 13.3. The average molecular weight is 379 g/mol. The van der Waals surface area contributed by atoms with Gasteiger partial charge in [0.05, 0.1) is 0 Å². The molecule has 5 nitrogen and oxygen atoms in total. The van der Waals surface area contributed by atoms with E-state index in [0.717, 1.165) is 22.4 Å². The van der Waals surface area contributed by atoms with Gasteiger partial charge < -0.3 is 19.6 Å². The maximum absolute atomic E-state index is 12.6. The van der Waals surface area contributed by atoms with E-state index in [9.17, 15) is 9.90 Å². The SMILES string of the molecule is Cc1cccc(OCc2ccc(C(=O)Nc3cc(C(C)C)c(O)cc3C)o2)c1. The number of hydrogen-bond acceptors (Lipinski definition) is 4. The third-order valence-electron chi connectivity index (χ3n) is 4.50. The second-order valence-corrected chi connectivity index (χ2v) is 7.21. The van der Waals surface area contributed by atoms with Crippen LogP contribution in [-0.4, -0.2) is 11.0 Å². The fourth-order valence-electron chi connectivity index (χ4n) is 2.93. The van der Waals surface area contributed by atoms with E-state index >= 15 is 0 Å². The van der Waals surface area contributed by atoms with Crippen LogP contribution in [0.1, 0.15) is 52.8 Å². The maximum Gasteiger partial charge on any atom is 0.291 e. The van der Waals surface area contributed by atoms with Gasteiger partial charge in [-0.1, -0.05) is 26.0 Å². The Morgan fingerprint density at radius 2 is 1.93 bits per heavy atom. The molecule has 28 heavy (non-hydrogen) atoms. The smallest absolute Gasteiger partial charge is 0.291 e. The number of phenolic OH excluding ortho intramolecular Hbond substituents is 1. The van der Waals surface area contributed by atoms with Gasteiger partial charge in [0.1, 0.15) is 23.9 Å². The van der Waals surface area contributed by atoms with Gasteiger partial charge >= 0.3 is 0 Å². The zero-order valence-corrected chi connectivity index (χ0v) is 16.6. The zero-order chi connectivity index (χ0) is 20.3. The molecule has 1 amide bonds. The molecule has 1 heterocycles. The Kier molecular flexibility index (Phi) is 5.73. The highest BCUT2D eigenvalue weighted by Crippen LogP contribution is 2.31. The Bertz CT molecular complexity index is 988. The Morgan fingerprint density at radius 1 is 1.14 bits per heavy atom. The van der Waals surface area contributed by atoms with Crippen molar-refractivity contribution in [3.8, 4) is 11.5 Å². The highest BCUT2D eigenvalue weighted by Gasteiger charge is 2.15. The van der Waals surface area contributed by atoms with E-state index in [1.165, 1.54) is 0 Å². The van der Waals surface area contributed by atoms with Crippen LogP contribution in [0.2, 0.25) is 0 Å². The summed E-state index contributed by atoms with van der Waals surface area (Å²) in [6.45, 7) is 8.05.